The Kier molecular flexibility index (Phi) is 11.6. The molecule has 8 nitrogen and oxygen atoms in total. The van der Waals surface area contributed by atoms with Gasteiger partial charge in [0.05, 0.1) is 13.2 Å². The van der Waals surface area contributed by atoms with Gasteiger partial charge in [0, 0.05) is 0 Å². The Hall–Kier alpha value is 0.745. The summed E-state index contributed by atoms with van der Waals surface area (Å²) in [5.41, 5.74) is 0. The van der Waals surface area contributed by atoms with Gasteiger partial charge in [-0.15, -0.1) is 0 Å². The Morgan fingerprint density at radius 2 is 1.38 bits per heavy atom. The summed E-state index contributed by atoms with van der Waals surface area (Å²) in [6, 6.07) is 0. The van der Waals surface area contributed by atoms with E-state index >= 15 is 0 Å². The summed E-state index contributed by atoms with van der Waals surface area (Å²) < 4.78 is 4.13. The molecule has 10 heteroatoms. The molecule has 0 saturated carbocycles. The van der Waals surface area contributed by atoms with Crippen LogP contribution in [0, 0.1) is 0 Å². The third-order valence-corrected chi connectivity index (χ3v) is 1.74. The van der Waals surface area contributed by atoms with E-state index in [9.17, 15) is 5.11 Å². The summed E-state index contributed by atoms with van der Waals surface area (Å²) in [5, 5.41) is 61.3. The first-order valence-corrected chi connectivity index (χ1v) is 4.21. The fourth-order valence-electron chi connectivity index (χ4n) is 0.846. The standard InChI is InChI=1S/C6H15BO8.Na.H/c8-1-3(9)5(11)6(12)4(10)2-15-7(13)14;;/h3-6,8-14H,1-2H2;;/t3-,4-,5-,6-;;/m1../s1. The van der Waals surface area contributed by atoms with Crippen LogP contribution in [-0.4, -0.2) is 110 Å². The van der Waals surface area contributed by atoms with Crippen LogP contribution in [0.5, 0.6) is 0 Å². The molecule has 0 amide bonds. The Balaban J connectivity index is 0. The first kappa shape index (κ1) is 19.1. The number of hydrogen-bond donors (Lipinski definition) is 7. The van der Waals surface area contributed by atoms with E-state index < -0.39 is 45.0 Å². The van der Waals surface area contributed by atoms with Crippen LogP contribution in [0.3, 0.4) is 0 Å². The van der Waals surface area contributed by atoms with Gasteiger partial charge in [0.25, 0.3) is 0 Å². The minimum absolute atomic E-state index is 0. The van der Waals surface area contributed by atoms with E-state index in [4.69, 9.17) is 30.5 Å². The van der Waals surface area contributed by atoms with Gasteiger partial charge in [0.2, 0.25) is 0 Å². The monoisotopic (exact) mass is 250 g/mol. The van der Waals surface area contributed by atoms with Gasteiger partial charge in [0.1, 0.15) is 24.4 Å². The van der Waals surface area contributed by atoms with Crippen molar-refractivity contribution in [2.24, 2.45) is 0 Å². The summed E-state index contributed by atoms with van der Waals surface area (Å²) in [4.78, 5) is 0. The van der Waals surface area contributed by atoms with E-state index in [0.29, 0.717) is 0 Å². The summed E-state index contributed by atoms with van der Waals surface area (Å²) in [6.45, 7) is -1.43. The third-order valence-electron chi connectivity index (χ3n) is 1.74. The molecule has 0 saturated heterocycles. The summed E-state index contributed by atoms with van der Waals surface area (Å²) in [7, 11) is -2.10. The minimum atomic E-state index is -2.10. The zero-order chi connectivity index (χ0) is 12.0. The molecule has 0 radical (unpaired) electrons. The van der Waals surface area contributed by atoms with E-state index in [1.54, 1.807) is 0 Å². The Bertz CT molecular complexity index is 173. The SMILES string of the molecule is OC[C@@H](O)[C@@H](O)[C@H](O)[C@H](O)COB(O)O.[NaH]. The Morgan fingerprint density at radius 3 is 1.75 bits per heavy atom. The second-order valence-electron chi connectivity index (χ2n) is 2.96. The zero-order valence-corrected chi connectivity index (χ0v) is 7.84. The van der Waals surface area contributed by atoms with Crippen LogP contribution in [0.2, 0.25) is 0 Å². The van der Waals surface area contributed by atoms with Crippen LogP contribution < -0.4 is 0 Å². The van der Waals surface area contributed by atoms with Gasteiger partial charge >= 0.3 is 36.9 Å². The second-order valence-corrected chi connectivity index (χ2v) is 2.96. The first-order valence-electron chi connectivity index (χ1n) is 4.21. The Morgan fingerprint density at radius 1 is 0.938 bits per heavy atom. The van der Waals surface area contributed by atoms with Crippen LogP contribution in [0.4, 0.5) is 0 Å². The van der Waals surface area contributed by atoms with Crippen LogP contribution in [0.25, 0.3) is 0 Å². The molecule has 0 bridgehead atoms. The molecule has 0 spiro atoms. The van der Waals surface area contributed by atoms with Gasteiger partial charge in [-0.25, -0.2) is 0 Å². The number of aliphatic hydroxyl groups is 5. The number of hydrogen-bond acceptors (Lipinski definition) is 8. The average Bonchev–Trinajstić information content (AvgIpc) is 2.22. The Labute approximate surface area is 115 Å². The summed E-state index contributed by atoms with van der Waals surface area (Å²) in [5.74, 6) is 0. The first-order chi connectivity index (χ1) is 6.90. The number of rotatable bonds is 7. The van der Waals surface area contributed by atoms with Crippen molar-refractivity contribution in [2.75, 3.05) is 13.2 Å². The maximum absolute atomic E-state index is 9.19. The van der Waals surface area contributed by atoms with Gasteiger partial charge in [-0.05, 0) is 0 Å². The van der Waals surface area contributed by atoms with Crippen molar-refractivity contribution in [3.63, 3.8) is 0 Å². The van der Waals surface area contributed by atoms with Gasteiger partial charge in [-0.2, -0.15) is 0 Å². The molecule has 0 unspecified atom stereocenters. The van der Waals surface area contributed by atoms with Crippen LogP contribution in [0.1, 0.15) is 0 Å². The van der Waals surface area contributed by atoms with Crippen molar-refractivity contribution in [1.82, 2.24) is 0 Å². The molecule has 0 aliphatic carbocycles. The fourth-order valence-corrected chi connectivity index (χ4v) is 0.846. The quantitative estimate of drug-likeness (QED) is 0.221. The predicted octanol–water partition coefficient (Wildman–Crippen LogP) is -5.24. The van der Waals surface area contributed by atoms with E-state index in [1.807, 2.05) is 0 Å². The van der Waals surface area contributed by atoms with Crippen LogP contribution in [-0.2, 0) is 4.65 Å². The molecule has 92 valence electrons. The molecule has 7 N–H and O–H groups in total. The van der Waals surface area contributed by atoms with E-state index in [1.165, 1.54) is 0 Å². The van der Waals surface area contributed by atoms with Crippen molar-refractivity contribution in [3.05, 3.63) is 0 Å². The molecular formula is C6H16BNaO8. The second kappa shape index (κ2) is 9.74. The molecule has 0 aromatic rings. The molecule has 0 aliphatic rings. The molecule has 0 fully saturated rings. The predicted molar refractivity (Wildman–Crippen MR) is 54.4 cm³/mol. The molecule has 16 heavy (non-hydrogen) atoms. The van der Waals surface area contributed by atoms with Crippen molar-refractivity contribution >= 4 is 36.9 Å². The van der Waals surface area contributed by atoms with Crippen molar-refractivity contribution in [2.45, 2.75) is 24.4 Å². The molecular weight excluding hydrogens is 234 g/mol. The molecule has 4 atom stereocenters. The molecule has 0 aromatic carbocycles. The zero-order valence-electron chi connectivity index (χ0n) is 7.84. The van der Waals surface area contributed by atoms with E-state index in [-0.39, 0.29) is 29.6 Å². The van der Waals surface area contributed by atoms with Gasteiger partial charge in [0.15, 0.2) is 0 Å². The average molecular weight is 250 g/mol. The third kappa shape index (κ3) is 7.15. The van der Waals surface area contributed by atoms with Crippen molar-refractivity contribution < 1.29 is 40.2 Å². The van der Waals surface area contributed by atoms with Crippen molar-refractivity contribution in [3.8, 4) is 0 Å². The van der Waals surface area contributed by atoms with E-state index in [0.717, 1.165) is 0 Å². The van der Waals surface area contributed by atoms with Crippen LogP contribution >= 0.6 is 0 Å². The maximum atomic E-state index is 9.19. The van der Waals surface area contributed by atoms with Gasteiger partial charge in [-0.3, -0.25) is 0 Å². The number of aliphatic hydroxyl groups excluding tert-OH is 5. The topological polar surface area (TPSA) is 151 Å². The molecule has 0 heterocycles. The molecule has 0 aliphatic heterocycles. The molecule has 0 rings (SSSR count). The van der Waals surface area contributed by atoms with Gasteiger partial charge in [-0.1, -0.05) is 0 Å². The summed E-state index contributed by atoms with van der Waals surface area (Å²) in [6.07, 6.45) is -6.76. The van der Waals surface area contributed by atoms with Crippen LogP contribution in [0.15, 0.2) is 0 Å². The van der Waals surface area contributed by atoms with Crippen molar-refractivity contribution in [1.29, 1.82) is 0 Å². The fraction of sp³-hybridized carbons (Fsp3) is 1.00. The molecule has 0 aromatic heterocycles. The summed E-state index contributed by atoms with van der Waals surface area (Å²) >= 11 is 0. The van der Waals surface area contributed by atoms with E-state index in [2.05, 4.69) is 4.65 Å². The van der Waals surface area contributed by atoms with Gasteiger partial charge < -0.3 is 40.2 Å². The normalized spacial score (nSPS) is 18.2.